The third-order valence-corrected chi connectivity index (χ3v) is 3.66. The zero-order valence-corrected chi connectivity index (χ0v) is 10.8. The fraction of sp³-hybridized carbons (Fsp3) is 0.917. The second-order valence-electron chi connectivity index (χ2n) is 4.79. The number of carbonyl (C=O) groups is 1. The summed E-state index contributed by atoms with van der Waals surface area (Å²) in [6.45, 7) is 9.50. The maximum absolute atomic E-state index is 12.0. The Morgan fingerprint density at radius 1 is 1.35 bits per heavy atom. The fourth-order valence-electron chi connectivity index (χ4n) is 2.51. The number of nitrogens with one attached hydrogen (secondary N) is 1. The molecule has 0 aliphatic carbocycles. The van der Waals surface area contributed by atoms with Crippen LogP contribution in [0.5, 0.6) is 0 Å². The average Bonchev–Trinajstić information content (AvgIpc) is 2.63. The van der Waals surface area contributed by atoms with Crippen molar-refractivity contribution >= 4 is 5.91 Å². The van der Waals surface area contributed by atoms with E-state index in [2.05, 4.69) is 17.1 Å². The molecule has 98 valence electrons. The van der Waals surface area contributed by atoms with Crippen LogP contribution < -0.4 is 5.32 Å². The molecule has 2 fully saturated rings. The SMILES string of the molecule is CCC1NC(C)N(CCN2CCOCC2)C1=O. The molecule has 0 aromatic rings. The summed E-state index contributed by atoms with van der Waals surface area (Å²) in [5.74, 6) is 0.258. The quantitative estimate of drug-likeness (QED) is 0.745. The molecule has 0 radical (unpaired) electrons. The largest absolute Gasteiger partial charge is 0.379 e. The van der Waals surface area contributed by atoms with Gasteiger partial charge >= 0.3 is 0 Å². The second kappa shape index (κ2) is 5.80. The maximum Gasteiger partial charge on any atom is 0.241 e. The Kier molecular flexibility index (Phi) is 4.36. The van der Waals surface area contributed by atoms with Crippen LogP contribution in [0.25, 0.3) is 0 Å². The van der Waals surface area contributed by atoms with E-state index in [1.54, 1.807) is 0 Å². The first-order valence-electron chi connectivity index (χ1n) is 6.59. The highest BCUT2D eigenvalue weighted by Gasteiger charge is 2.34. The van der Waals surface area contributed by atoms with E-state index < -0.39 is 0 Å². The Hall–Kier alpha value is -0.650. The lowest BCUT2D eigenvalue weighted by atomic mass is 10.2. The number of carbonyl (C=O) groups excluding carboxylic acids is 1. The van der Waals surface area contributed by atoms with E-state index in [-0.39, 0.29) is 18.1 Å². The van der Waals surface area contributed by atoms with Gasteiger partial charge in [0.25, 0.3) is 0 Å². The van der Waals surface area contributed by atoms with Gasteiger partial charge in [-0.15, -0.1) is 0 Å². The molecule has 0 spiro atoms. The Morgan fingerprint density at radius 2 is 2.06 bits per heavy atom. The third kappa shape index (κ3) is 2.97. The zero-order valence-electron chi connectivity index (χ0n) is 10.8. The molecule has 2 rings (SSSR count). The molecule has 1 N–H and O–H groups in total. The molecule has 5 heteroatoms. The minimum Gasteiger partial charge on any atom is -0.379 e. The summed E-state index contributed by atoms with van der Waals surface area (Å²) >= 11 is 0. The van der Waals surface area contributed by atoms with Crippen LogP contribution in [0.4, 0.5) is 0 Å². The van der Waals surface area contributed by atoms with Gasteiger partial charge in [0.2, 0.25) is 5.91 Å². The molecule has 5 nitrogen and oxygen atoms in total. The van der Waals surface area contributed by atoms with Gasteiger partial charge in [-0.1, -0.05) is 6.92 Å². The van der Waals surface area contributed by atoms with Crippen LogP contribution >= 0.6 is 0 Å². The Labute approximate surface area is 103 Å². The normalized spacial score (nSPS) is 31.2. The molecule has 17 heavy (non-hydrogen) atoms. The van der Waals surface area contributed by atoms with Crippen LogP contribution in [-0.2, 0) is 9.53 Å². The van der Waals surface area contributed by atoms with Gasteiger partial charge in [-0.25, -0.2) is 0 Å². The first-order chi connectivity index (χ1) is 8.22. The molecule has 2 aliphatic heterocycles. The van der Waals surface area contributed by atoms with E-state index in [4.69, 9.17) is 4.74 Å². The predicted octanol–water partition coefficient (Wildman–Crippen LogP) is -0.125. The lowest BCUT2D eigenvalue weighted by Gasteiger charge is -2.29. The summed E-state index contributed by atoms with van der Waals surface area (Å²) in [6.07, 6.45) is 1.05. The zero-order chi connectivity index (χ0) is 12.3. The molecule has 2 atom stereocenters. The van der Waals surface area contributed by atoms with E-state index in [0.717, 1.165) is 45.8 Å². The van der Waals surface area contributed by atoms with Crippen molar-refractivity contribution in [2.75, 3.05) is 39.4 Å². The highest BCUT2D eigenvalue weighted by Crippen LogP contribution is 2.12. The van der Waals surface area contributed by atoms with Gasteiger partial charge in [-0.3, -0.25) is 15.0 Å². The molecule has 0 aromatic carbocycles. The third-order valence-electron chi connectivity index (χ3n) is 3.66. The van der Waals surface area contributed by atoms with Crippen LogP contribution in [0.3, 0.4) is 0 Å². The van der Waals surface area contributed by atoms with Gasteiger partial charge in [-0.2, -0.15) is 0 Å². The van der Waals surface area contributed by atoms with E-state index >= 15 is 0 Å². The smallest absolute Gasteiger partial charge is 0.241 e. The van der Waals surface area contributed by atoms with Gasteiger partial charge in [-0.05, 0) is 13.3 Å². The average molecular weight is 241 g/mol. The number of hydrogen-bond donors (Lipinski definition) is 1. The summed E-state index contributed by atoms with van der Waals surface area (Å²) in [6, 6.07) is 0.0229. The lowest BCUT2D eigenvalue weighted by Crippen LogP contribution is -2.44. The first-order valence-corrected chi connectivity index (χ1v) is 6.59. The van der Waals surface area contributed by atoms with Crippen LogP contribution in [0.2, 0.25) is 0 Å². The fourth-order valence-corrected chi connectivity index (χ4v) is 2.51. The van der Waals surface area contributed by atoms with Crippen molar-refractivity contribution in [2.24, 2.45) is 0 Å². The number of nitrogens with zero attached hydrogens (tertiary/aromatic N) is 2. The number of morpholine rings is 1. The molecule has 1 amide bonds. The minimum absolute atomic E-state index is 0.0229. The molecule has 2 saturated heterocycles. The molecule has 0 saturated carbocycles. The van der Waals surface area contributed by atoms with Crippen molar-refractivity contribution in [2.45, 2.75) is 32.5 Å². The van der Waals surface area contributed by atoms with E-state index in [0.29, 0.717) is 0 Å². The highest BCUT2D eigenvalue weighted by atomic mass is 16.5. The lowest BCUT2D eigenvalue weighted by molar-refractivity contribution is -0.130. The minimum atomic E-state index is 0.0229. The Bertz CT molecular complexity index is 266. The number of rotatable bonds is 4. The van der Waals surface area contributed by atoms with Crippen molar-refractivity contribution < 1.29 is 9.53 Å². The van der Waals surface area contributed by atoms with Crippen molar-refractivity contribution in [3.8, 4) is 0 Å². The predicted molar refractivity (Wildman–Crippen MR) is 65.6 cm³/mol. The summed E-state index contributed by atoms with van der Waals surface area (Å²) in [7, 11) is 0. The van der Waals surface area contributed by atoms with Crippen molar-refractivity contribution in [3.63, 3.8) is 0 Å². The standard InChI is InChI=1S/C12H23N3O2/c1-3-11-12(16)15(10(2)13-11)5-4-14-6-8-17-9-7-14/h10-11,13H,3-9H2,1-2H3. The van der Waals surface area contributed by atoms with E-state index in [9.17, 15) is 4.79 Å². The Balaban J connectivity index is 1.79. The van der Waals surface area contributed by atoms with Gasteiger partial charge in [0.05, 0.1) is 25.4 Å². The van der Waals surface area contributed by atoms with Gasteiger partial charge in [0, 0.05) is 26.2 Å². The van der Waals surface area contributed by atoms with Gasteiger partial charge in [0.15, 0.2) is 0 Å². The monoisotopic (exact) mass is 241 g/mol. The molecule has 0 bridgehead atoms. The molecule has 2 aliphatic rings. The van der Waals surface area contributed by atoms with Crippen LogP contribution in [0.15, 0.2) is 0 Å². The summed E-state index contributed by atoms with van der Waals surface area (Å²) in [4.78, 5) is 16.4. The summed E-state index contributed by atoms with van der Waals surface area (Å²) in [5, 5.41) is 3.32. The number of ether oxygens (including phenoxy) is 1. The van der Waals surface area contributed by atoms with Gasteiger partial charge < -0.3 is 9.64 Å². The number of amides is 1. The van der Waals surface area contributed by atoms with Crippen LogP contribution in [0, 0.1) is 0 Å². The molecular formula is C12H23N3O2. The Morgan fingerprint density at radius 3 is 2.65 bits per heavy atom. The van der Waals surface area contributed by atoms with Crippen molar-refractivity contribution in [3.05, 3.63) is 0 Å². The summed E-state index contributed by atoms with van der Waals surface area (Å²) in [5.41, 5.74) is 0. The summed E-state index contributed by atoms with van der Waals surface area (Å²) < 4.78 is 5.31. The van der Waals surface area contributed by atoms with E-state index in [1.807, 2.05) is 11.8 Å². The number of hydrogen-bond acceptors (Lipinski definition) is 4. The van der Waals surface area contributed by atoms with Crippen LogP contribution in [0.1, 0.15) is 20.3 Å². The molecule has 2 unspecified atom stereocenters. The van der Waals surface area contributed by atoms with Crippen molar-refractivity contribution in [1.82, 2.24) is 15.1 Å². The van der Waals surface area contributed by atoms with Crippen molar-refractivity contribution in [1.29, 1.82) is 0 Å². The highest BCUT2D eigenvalue weighted by molar-refractivity contribution is 5.84. The van der Waals surface area contributed by atoms with Crippen LogP contribution in [-0.4, -0.2) is 67.3 Å². The molecule has 2 heterocycles. The topological polar surface area (TPSA) is 44.8 Å². The van der Waals surface area contributed by atoms with E-state index in [1.165, 1.54) is 0 Å². The molecule has 0 aromatic heterocycles. The van der Waals surface area contributed by atoms with Gasteiger partial charge in [0.1, 0.15) is 0 Å². The maximum atomic E-state index is 12.0. The first kappa shape index (κ1) is 12.8. The molecular weight excluding hydrogens is 218 g/mol. The second-order valence-corrected chi connectivity index (χ2v) is 4.79.